The number of carbonyl (C=O) groups is 1. The van der Waals surface area contributed by atoms with Crippen molar-refractivity contribution in [3.05, 3.63) is 29.6 Å². The summed E-state index contributed by atoms with van der Waals surface area (Å²) in [4.78, 5) is 15.6. The fraction of sp³-hybridized carbons (Fsp3) is 0.429. The molecule has 0 fully saturated rings. The fourth-order valence-corrected chi connectivity index (χ4v) is 2.08. The zero-order chi connectivity index (χ0) is 14.2. The van der Waals surface area contributed by atoms with Crippen LogP contribution in [0.4, 0.5) is 0 Å². The summed E-state index contributed by atoms with van der Waals surface area (Å²) in [6.45, 7) is 6.46. The number of aromatic carboxylic acids is 1. The van der Waals surface area contributed by atoms with Crippen LogP contribution in [0.3, 0.4) is 0 Å². The molecule has 0 aliphatic carbocycles. The maximum atomic E-state index is 11.2. The van der Waals surface area contributed by atoms with Gasteiger partial charge in [-0.15, -0.1) is 0 Å². The van der Waals surface area contributed by atoms with Gasteiger partial charge in [0.05, 0.1) is 23.2 Å². The van der Waals surface area contributed by atoms with Crippen LogP contribution in [0.15, 0.2) is 18.2 Å². The van der Waals surface area contributed by atoms with Gasteiger partial charge in [0.2, 0.25) is 0 Å². The van der Waals surface area contributed by atoms with Gasteiger partial charge in [-0.3, -0.25) is 0 Å². The van der Waals surface area contributed by atoms with Gasteiger partial charge in [0.1, 0.15) is 11.3 Å². The zero-order valence-electron chi connectivity index (χ0n) is 11.6. The third kappa shape index (κ3) is 2.46. The maximum absolute atomic E-state index is 11.2. The number of aryl methyl sites for hydroxylation is 1. The van der Waals surface area contributed by atoms with Crippen molar-refractivity contribution in [2.45, 2.75) is 32.9 Å². The largest absolute Gasteiger partial charge is 0.478 e. The van der Waals surface area contributed by atoms with Crippen LogP contribution in [0.1, 0.15) is 30.0 Å². The highest BCUT2D eigenvalue weighted by Gasteiger charge is 2.21. The molecule has 1 N–H and O–H groups in total. The highest BCUT2D eigenvalue weighted by Crippen LogP contribution is 2.23. The van der Waals surface area contributed by atoms with E-state index in [9.17, 15) is 9.90 Å². The number of carboxylic acids is 1. The van der Waals surface area contributed by atoms with Crippen LogP contribution in [0.2, 0.25) is 0 Å². The van der Waals surface area contributed by atoms with Gasteiger partial charge >= 0.3 is 5.97 Å². The Hall–Kier alpha value is -1.88. The van der Waals surface area contributed by atoms with Gasteiger partial charge in [-0.25, -0.2) is 9.78 Å². The number of nitrogens with zero attached hydrogens (tertiary/aromatic N) is 2. The minimum atomic E-state index is -0.957. The van der Waals surface area contributed by atoms with Gasteiger partial charge in [0.25, 0.3) is 0 Å². The van der Waals surface area contributed by atoms with Gasteiger partial charge in [0.15, 0.2) is 0 Å². The third-order valence-electron chi connectivity index (χ3n) is 3.29. The fourth-order valence-electron chi connectivity index (χ4n) is 2.08. The number of hydrogen-bond donors (Lipinski definition) is 1. The Morgan fingerprint density at radius 1 is 1.47 bits per heavy atom. The number of hydrogen-bond acceptors (Lipinski definition) is 3. The quantitative estimate of drug-likeness (QED) is 0.919. The number of methoxy groups -OCH3 is 1. The predicted octanol–water partition coefficient (Wildman–Crippen LogP) is 2.47. The van der Waals surface area contributed by atoms with Crippen LogP contribution in [0, 0.1) is 6.92 Å². The smallest absolute Gasteiger partial charge is 0.337 e. The Morgan fingerprint density at radius 3 is 2.74 bits per heavy atom. The molecular formula is C14H18N2O3. The van der Waals surface area contributed by atoms with Crippen molar-refractivity contribution in [3.8, 4) is 0 Å². The summed E-state index contributed by atoms with van der Waals surface area (Å²) in [7, 11) is 1.66. The van der Waals surface area contributed by atoms with E-state index in [0.29, 0.717) is 12.1 Å². The highest BCUT2D eigenvalue weighted by atomic mass is 16.5. The normalized spacial score (nSPS) is 12.0. The van der Waals surface area contributed by atoms with E-state index >= 15 is 0 Å². The molecule has 0 radical (unpaired) electrons. The van der Waals surface area contributed by atoms with Crippen molar-refractivity contribution in [2.75, 3.05) is 7.11 Å². The summed E-state index contributed by atoms with van der Waals surface area (Å²) in [6.07, 6.45) is 0. The first-order valence-corrected chi connectivity index (χ1v) is 6.10. The summed E-state index contributed by atoms with van der Waals surface area (Å²) in [5.41, 5.74) is 1.24. The van der Waals surface area contributed by atoms with Gasteiger partial charge in [0, 0.05) is 7.11 Å². The number of para-hydroxylation sites is 1. The van der Waals surface area contributed by atoms with Gasteiger partial charge in [-0.2, -0.15) is 0 Å². The number of rotatable bonds is 4. The average Bonchev–Trinajstić information content (AvgIpc) is 2.65. The minimum absolute atomic E-state index is 0.231. The Bertz CT molecular complexity index is 629. The Kier molecular flexibility index (Phi) is 3.32. The first-order chi connectivity index (χ1) is 8.85. The SMILES string of the molecule is COC(C)(C)Cn1c(C)nc2c(C(=O)O)cccc21. The lowest BCUT2D eigenvalue weighted by Gasteiger charge is -2.24. The van der Waals surface area contributed by atoms with Crippen molar-refractivity contribution in [3.63, 3.8) is 0 Å². The summed E-state index contributed by atoms with van der Waals surface area (Å²) < 4.78 is 7.42. The van der Waals surface area contributed by atoms with Gasteiger partial charge in [-0.1, -0.05) is 6.07 Å². The summed E-state index contributed by atoms with van der Waals surface area (Å²) in [5.74, 6) is -0.171. The van der Waals surface area contributed by atoms with Crippen molar-refractivity contribution in [1.29, 1.82) is 0 Å². The lowest BCUT2D eigenvalue weighted by molar-refractivity contribution is 0.00859. The zero-order valence-corrected chi connectivity index (χ0v) is 11.6. The molecule has 0 unspecified atom stereocenters. The van der Waals surface area contributed by atoms with Gasteiger partial charge in [-0.05, 0) is 32.9 Å². The number of aromatic nitrogens is 2. The molecule has 2 rings (SSSR count). The van der Waals surface area contributed by atoms with Crippen LogP contribution in [0.5, 0.6) is 0 Å². The van der Waals surface area contributed by atoms with Crippen molar-refractivity contribution < 1.29 is 14.6 Å². The van der Waals surface area contributed by atoms with Crippen molar-refractivity contribution in [2.24, 2.45) is 0 Å². The molecule has 102 valence electrons. The van der Waals surface area contributed by atoms with Crippen molar-refractivity contribution >= 4 is 17.0 Å². The Morgan fingerprint density at radius 2 is 2.16 bits per heavy atom. The van der Waals surface area contributed by atoms with Crippen molar-refractivity contribution in [1.82, 2.24) is 9.55 Å². The van der Waals surface area contributed by atoms with E-state index in [0.717, 1.165) is 11.3 Å². The monoisotopic (exact) mass is 262 g/mol. The molecule has 1 aromatic heterocycles. The topological polar surface area (TPSA) is 64.4 Å². The molecule has 0 saturated heterocycles. The van der Waals surface area contributed by atoms with Crippen LogP contribution >= 0.6 is 0 Å². The molecule has 5 heteroatoms. The van der Waals surface area contributed by atoms with E-state index in [4.69, 9.17) is 4.74 Å². The Balaban J connectivity index is 2.60. The minimum Gasteiger partial charge on any atom is -0.478 e. The first-order valence-electron chi connectivity index (χ1n) is 6.10. The number of carboxylic acid groups (broad SMARTS) is 1. The summed E-state index contributed by atoms with van der Waals surface area (Å²) in [5, 5.41) is 9.19. The lowest BCUT2D eigenvalue weighted by atomic mass is 10.1. The molecule has 19 heavy (non-hydrogen) atoms. The van der Waals surface area contributed by atoms with E-state index in [1.165, 1.54) is 0 Å². The van der Waals surface area contributed by atoms with Gasteiger partial charge < -0.3 is 14.4 Å². The van der Waals surface area contributed by atoms with Crippen LogP contribution in [-0.4, -0.2) is 33.3 Å². The lowest BCUT2D eigenvalue weighted by Crippen LogP contribution is -2.29. The van der Waals surface area contributed by atoms with Crippen LogP contribution in [0.25, 0.3) is 11.0 Å². The van der Waals surface area contributed by atoms with Crippen LogP contribution in [-0.2, 0) is 11.3 Å². The maximum Gasteiger partial charge on any atom is 0.337 e. The molecule has 1 heterocycles. The number of ether oxygens (including phenoxy) is 1. The molecule has 1 aromatic carbocycles. The molecule has 0 bridgehead atoms. The van der Waals surface area contributed by atoms with E-state index in [1.54, 1.807) is 19.2 Å². The number of benzene rings is 1. The Labute approximate surface area is 111 Å². The summed E-state index contributed by atoms with van der Waals surface area (Å²) >= 11 is 0. The van der Waals surface area contributed by atoms with E-state index in [-0.39, 0.29) is 11.2 Å². The number of fused-ring (bicyclic) bond motifs is 1. The second-order valence-electron chi connectivity index (χ2n) is 5.19. The molecule has 0 spiro atoms. The molecule has 5 nitrogen and oxygen atoms in total. The second-order valence-corrected chi connectivity index (χ2v) is 5.19. The first kappa shape index (κ1) is 13.5. The molecular weight excluding hydrogens is 244 g/mol. The average molecular weight is 262 g/mol. The molecule has 2 aromatic rings. The molecule has 0 atom stereocenters. The second kappa shape index (κ2) is 4.66. The number of imidazole rings is 1. The molecule has 0 amide bonds. The third-order valence-corrected chi connectivity index (χ3v) is 3.29. The standard InChI is InChI=1S/C14H18N2O3/c1-9-15-12-10(13(17)18)6-5-7-11(12)16(9)8-14(2,3)19-4/h5-7H,8H2,1-4H3,(H,17,18). The highest BCUT2D eigenvalue weighted by molar-refractivity contribution is 6.01. The van der Waals surface area contributed by atoms with E-state index < -0.39 is 5.97 Å². The molecule has 0 aliphatic heterocycles. The molecule has 0 aliphatic rings. The predicted molar refractivity (Wildman–Crippen MR) is 72.5 cm³/mol. The molecule has 0 saturated carbocycles. The summed E-state index contributed by atoms with van der Waals surface area (Å²) in [6, 6.07) is 5.19. The van der Waals surface area contributed by atoms with Crippen LogP contribution < -0.4 is 0 Å². The van der Waals surface area contributed by atoms with E-state index in [2.05, 4.69) is 4.98 Å². The van der Waals surface area contributed by atoms with E-state index in [1.807, 2.05) is 31.4 Å².